The Morgan fingerprint density at radius 3 is 2.64 bits per heavy atom. The number of hydrogen-bond donors (Lipinski definition) is 1. The first-order valence-electron chi connectivity index (χ1n) is 9.12. The molecule has 2 aromatic carbocycles. The van der Waals surface area contributed by atoms with Gasteiger partial charge < -0.3 is 14.6 Å². The van der Waals surface area contributed by atoms with E-state index in [0.29, 0.717) is 11.7 Å². The maximum atomic E-state index is 14.9. The van der Waals surface area contributed by atoms with Crippen molar-refractivity contribution in [1.82, 2.24) is 9.55 Å². The lowest BCUT2D eigenvalue weighted by atomic mass is 10.1. The fraction of sp³-hybridized carbons (Fsp3) is 0.227. The highest BCUT2D eigenvalue weighted by molar-refractivity contribution is 14.1. The predicted octanol–water partition coefficient (Wildman–Crippen LogP) is 5.56. The van der Waals surface area contributed by atoms with Gasteiger partial charge >= 0.3 is 0 Å². The molecule has 0 fully saturated rings. The molecule has 0 saturated heterocycles. The first-order valence-corrected chi connectivity index (χ1v) is 10.2. The van der Waals surface area contributed by atoms with Crippen LogP contribution in [-0.4, -0.2) is 29.4 Å². The molecule has 0 radical (unpaired) electrons. The van der Waals surface area contributed by atoms with Crippen molar-refractivity contribution in [2.24, 2.45) is 0 Å². The highest BCUT2D eigenvalue weighted by atomic mass is 127. The fourth-order valence-corrected chi connectivity index (χ4v) is 3.98. The van der Waals surface area contributed by atoms with Gasteiger partial charge in [-0.3, -0.25) is 0 Å². The number of methoxy groups -OCH3 is 1. The summed E-state index contributed by atoms with van der Waals surface area (Å²) in [4.78, 5) is 4.27. The van der Waals surface area contributed by atoms with Gasteiger partial charge in [-0.2, -0.15) is 4.98 Å². The molecule has 0 aliphatic carbocycles. The minimum atomic E-state index is -1.06. The maximum absolute atomic E-state index is 14.9. The molecule has 4 aromatic rings. The Morgan fingerprint density at radius 2 is 1.86 bits per heavy atom. The second-order valence-electron chi connectivity index (χ2n) is 6.84. The molecule has 1 unspecified atom stereocenters. The number of nitrogens with one attached hydrogen (secondary N) is 1. The number of ether oxygens (including phenoxy) is 1. The van der Waals surface area contributed by atoms with Gasteiger partial charge in [-0.15, -0.1) is 0 Å². The Morgan fingerprint density at radius 1 is 1.11 bits per heavy atom. The smallest absolute Gasteiger partial charge is 0.214 e. The summed E-state index contributed by atoms with van der Waals surface area (Å²) in [6.45, 7) is 2.54. The number of anilines is 1. The number of rotatable bonds is 6. The summed E-state index contributed by atoms with van der Waals surface area (Å²) in [5.41, 5.74) is 3.32. The molecule has 0 aliphatic heterocycles. The van der Waals surface area contributed by atoms with Crippen LogP contribution in [0.15, 0.2) is 54.6 Å². The summed E-state index contributed by atoms with van der Waals surface area (Å²) in [7, 11) is 1.56. The topological polar surface area (TPSA) is 39.1 Å². The molecular weight excluding hydrogens is 468 g/mol. The van der Waals surface area contributed by atoms with Gasteiger partial charge in [-0.1, -0.05) is 17.7 Å². The molecule has 4 nitrogen and oxygen atoms in total. The summed E-state index contributed by atoms with van der Waals surface area (Å²) in [6, 6.07) is 18.1. The van der Waals surface area contributed by atoms with E-state index in [0.717, 1.165) is 11.0 Å². The third kappa shape index (κ3) is 3.78. The third-order valence-electron chi connectivity index (χ3n) is 4.80. The number of benzene rings is 2. The van der Waals surface area contributed by atoms with E-state index in [1.165, 1.54) is 19.9 Å². The van der Waals surface area contributed by atoms with Crippen LogP contribution in [0.2, 0.25) is 0 Å². The molecule has 144 valence electrons. The highest BCUT2D eigenvalue weighted by Gasteiger charge is 2.15. The van der Waals surface area contributed by atoms with Crippen LogP contribution in [0, 0.1) is 10.5 Å². The Bertz CT molecular complexity index is 1080. The summed E-state index contributed by atoms with van der Waals surface area (Å²) < 4.78 is 23.3. The van der Waals surface area contributed by atoms with E-state index in [1.54, 1.807) is 19.2 Å². The van der Waals surface area contributed by atoms with Crippen LogP contribution in [0.3, 0.4) is 0 Å². The molecule has 0 spiro atoms. The van der Waals surface area contributed by atoms with Gasteiger partial charge in [0.1, 0.15) is 12.0 Å². The van der Waals surface area contributed by atoms with E-state index in [9.17, 15) is 4.39 Å². The minimum Gasteiger partial charge on any atom is -0.481 e. The molecule has 0 aliphatic rings. The molecule has 0 saturated carbocycles. The van der Waals surface area contributed by atoms with E-state index < -0.39 is 6.17 Å². The molecule has 2 heterocycles. The maximum Gasteiger partial charge on any atom is 0.214 e. The minimum absolute atomic E-state index is 0.178. The van der Waals surface area contributed by atoms with Crippen molar-refractivity contribution in [3.63, 3.8) is 0 Å². The monoisotopic (exact) mass is 489 g/mol. The Balaban J connectivity index is 1.61. The van der Waals surface area contributed by atoms with Crippen LogP contribution in [0.4, 0.5) is 10.2 Å². The molecule has 0 bridgehead atoms. The lowest BCUT2D eigenvalue weighted by Gasteiger charge is -2.14. The van der Waals surface area contributed by atoms with Gasteiger partial charge in [0.2, 0.25) is 5.88 Å². The second kappa shape index (κ2) is 7.95. The fourth-order valence-electron chi connectivity index (χ4n) is 3.49. The number of fused-ring (bicyclic) bond motifs is 3. The SMILES string of the molecule is COc1cccc(NCC(F)Cn2c3ccc(C)cc3c3cc(I)ccc32)n1. The summed E-state index contributed by atoms with van der Waals surface area (Å²) in [5.74, 6) is 1.11. The molecule has 4 rings (SSSR count). The predicted molar refractivity (Wildman–Crippen MR) is 121 cm³/mol. The molecule has 6 heteroatoms. The molecular formula is C22H21FIN3O. The number of pyridine rings is 1. The van der Waals surface area contributed by atoms with E-state index >= 15 is 0 Å². The van der Waals surface area contributed by atoms with Crippen LogP contribution in [0.5, 0.6) is 5.88 Å². The normalized spacial score (nSPS) is 12.4. The Labute approximate surface area is 176 Å². The average Bonchev–Trinajstić information content (AvgIpc) is 2.99. The molecule has 28 heavy (non-hydrogen) atoms. The van der Waals surface area contributed by atoms with Crippen molar-refractivity contribution < 1.29 is 9.13 Å². The average molecular weight is 489 g/mol. The Hall–Kier alpha value is -2.35. The van der Waals surface area contributed by atoms with Gasteiger partial charge in [0.25, 0.3) is 0 Å². The number of hydrogen-bond acceptors (Lipinski definition) is 3. The van der Waals surface area contributed by atoms with Crippen LogP contribution >= 0.6 is 22.6 Å². The van der Waals surface area contributed by atoms with E-state index in [4.69, 9.17) is 4.74 Å². The number of aryl methyl sites for hydroxylation is 1. The van der Waals surface area contributed by atoms with Crippen LogP contribution < -0.4 is 10.1 Å². The summed E-state index contributed by atoms with van der Waals surface area (Å²) in [5, 5.41) is 5.40. The van der Waals surface area contributed by atoms with Crippen molar-refractivity contribution in [1.29, 1.82) is 0 Å². The van der Waals surface area contributed by atoms with Crippen LogP contribution in [-0.2, 0) is 6.54 Å². The molecule has 1 N–H and O–H groups in total. The number of aromatic nitrogens is 2. The second-order valence-corrected chi connectivity index (χ2v) is 8.08. The summed E-state index contributed by atoms with van der Waals surface area (Å²) >= 11 is 2.32. The Kier molecular flexibility index (Phi) is 5.39. The largest absolute Gasteiger partial charge is 0.481 e. The van der Waals surface area contributed by atoms with Crippen LogP contribution in [0.1, 0.15) is 5.56 Å². The lowest BCUT2D eigenvalue weighted by molar-refractivity contribution is 0.315. The first kappa shape index (κ1) is 19.0. The van der Waals surface area contributed by atoms with Crippen molar-refractivity contribution in [2.45, 2.75) is 19.6 Å². The third-order valence-corrected chi connectivity index (χ3v) is 5.47. The number of nitrogens with zero attached hydrogens (tertiary/aromatic N) is 2. The van der Waals surface area contributed by atoms with Gasteiger partial charge in [0, 0.05) is 38.0 Å². The van der Waals surface area contributed by atoms with E-state index in [2.05, 4.69) is 80.8 Å². The van der Waals surface area contributed by atoms with Gasteiger partial charge in [0.05, 0.1) is 13.7 Å². The molecule has 0 amide bonds. The zero-order valence-electron chi connectivity index (χ0n) is 15.7. The van der Waals surface area contributed by atoms with Crippen molar-refractivity contribution in [3.8, 4) is 5.88 Å². The quantitative estimate of drug-likeness (QED) is 0.361. The highest BCUT2D eigenvalue weighted by Crippen LogP contribution is 2.31. The number of halogens is 2. The van der Waals surface area contributed by atoms with Crippen LogP contribution in [0.25, 0.3) is 21.8 Å². The molecule has 1 atom stereocenters. The van der Waals surface area contributed by atoms with Crippen molar-refractivity contribution >= 4 is 50.2 Å². The first-order chi connectivity index (χ1) is 13.5. The summed E-state index contributed by atoms with van der Waals surface area (Å²) in [6.07, 6.45) is -1.06. The van der Waals surface area contributed by atoms with Gasteiger partial charge in [-0.05, 0) is 65.9 Å². The van der Waals surface area contributed by atoms with Gasteiger partial charge in [0.15, 0.2) is 0 Å². The van der Waals surface area contributed by atoms with E-state index in [1.807, 2.05) is 6.07 Å². The zero-order valence-corrected chi connectivity index (χ0v) is 17.9. The molecule has 2 aromatic heterocycles. The lowest BCUT2D eigenvalue weighted by Crippen LogP contribution is -2.21. The number of alkyl halides is 1. The standard InChI is InChI=1S/C22H21FIN3O/c1-14-6-8-19-17(10-14)18-11-16(24)7-9-20(18)27(19)13-15(23)12-25-21-4-3-5-22(26-21)28-2/h3-11,15H,12-13H2,1-2H3,(H,25,26). The van der Waals surface area contributed by atoms with E-state index in [-0.39, 0.29) is 13.1 Å². The van der Waals surface area contributed by atoms with Crippen molar-refractivity contribution in [2.75, 3.05) is 19.0 Å². The van der Waals surface area contributed by atoms with Crippen molar-refractivity contribution in [3.05, 3.63) is 63.7 Å². The van der Waals surface area contributed by atoms with Gasteiger partial charge in [-0.25, -0.2) is 4.39 Å². The zero-order chi connectivity index (χ0) is 19.7.